The van der Waals surface area contributed by atoms with Crippen LogP contribution >= 0.6 is 11.8 Å². The van der Waals surface area contributed by atoms with Gasteiger partial charge in [-0.25, -0.2) is 0 Å². The Morgan fingerprint density at radius 1 is 0.947 bits per heavy atom. The first-order valence-electron chi connectivity index (χ1n) is 5.71. The third kappa shape index (κ3) is 3.69. The molecule has 0 aliphatic carbocycles. The lowest BCUT2D eigenvalue weighted by Gasteiger charge is -2.01. The molecule has 96 valence electrons. The summed E-state index contributed by atoms with van der Waals surface area (Å²) >= 11 is 0.986. The molecule has 2 rings (SSSR count). The van der Waals surface area contributed by atoms with Gasteiger partial charge in [-0.3, -0.25) is 9.59 Å². The lowest BCUT2D eigenvalue weighted by molar-refractivity contribution is -0.107. The summed E-state index contributed by atoms with van der Waals surface area (Å²) in [6.45, 7) is 0. The van der Waals surface area contributed by atoms with Gasteiger partial charge in [-0.1, -0.05) is 42.1 Å². The minimum Gasteiger partial charge on any atom is -0.508 e. The number of phenols is 1. The zero-order valence-corrected chi connectivity index (χ0v) is 10.9. The monoisotopic (exact) mass is 272 g/mol. The minimum absolute atomic E-state index is 0.0703. The van der Waals surface area contributed by atoms with Crippen LogP contribution in [0.15, 0.2) is 54.6 Å². The fraction of sp³-hybridized carbons (Fsp3) is 0.0667. The predicted octanol–water partition coefficient (Wildman–Crippen LogP) is 3.03. The van der Waals surface area contributed by atoms with Crippen molar-refractivity contribution in [1.29, 1.82) is 0 Å². The van der Waals surface area contributed by atoms with Crippen molar-refractivity contribution in [3.05, 3.63) is 65.7 Å². The van der Waals surface area contributed by atoms with Crippen LogP contribution in [0.4, 0.5) is 0 Å². The van der Waals surface area contributed by atoms with E-state index in [0.717, 1.165) is 17.3 Å². The molecule has 2 aromatic carbocycles. The summed E-state index contributed by atoms with van der Waals surface area (Å²) < 4.78 is 0. The third-order valence-electron chi connectivity index (χ3n) is 2.53. The zero-order valence-electron chi connectivity index (χ0n) is 10.1. The first kappa shape index (κ1) is 13.4. The number of carbonyl (C=O) groups excluding carboxylic acids is 2. The van der Waals surface area contributed by atoms with Crippen LogP contribution in [-0.4, -0.2) is 16.0 Å². The fourth-order valence-electron chi connectivity index (χ4n) is 1.52. The number of phenolic OH excluding ortho intramolecular Hbond substituents is 1. The lowest BCUT2D eigenvalue weighted by atomic mass is 10.1. The molecule has 0 spiro atoms. The van der Waals surface area contributed by atoms with E-state index in [1.165, 1.54) is 24.3 Å². The molecule has 0 aliphatic rings. The van der Waals surface area contributed by atoms with Gasteiger partial charge in [0.1, 0.15) is 5.75 Å². The van der Waals surface area contributed by atoms with E-state index in [1.807, 2.05) is 30.3 Å². The number of benzene rings is 2. The van der Waals surface area contributed by atoms with Gasteiger partial charge in [0.25, 0.3) is 5.12 Å². The summed E-state index contributed by atoms with van der Waals surface area (Å²) in [6.07, 6.45) is 0. The number of carbonyl (C=O) groups is 2. The van der Waals surface area contributed by atoms with Crippen LogP contribution in [0.1, 0.15) is 15.9 Å². The molecule has 4 heteroatoms. The smallest absolute Gasteiger partial charge is 0.260 e. The van der Waals surface area contributed by atoms with Gasteiger partial charge in [0.05, 0.1) is 0 Å². The van der Waals surface area contributed by atoms with Gasteiger partial charge < -0.3 is 5.11 Å². The van der Waals surface area contributed by atoms with E-state index in [2.05, 4.69) is 0 Å². The number of hydrogen-bond acceptors (Lipinski definition) is 4. The van der Waals surface area contributed by atoms with E-state index >= 15 is 0 Å². The van der Waals surface area contributed by atoms with E-state index < -0.39 is 10.9 Å². The second kappa shape index (κ2) is 6.20. The molecule has 0 fully saturated rings. The lowest BCUT2D eigenvalue weighted by Crippen LogP contribution is -2.10. The first-order chi connectivity index (χ1) is 9.16. The topological polar surface area (TPSA) is 54.4 Å². The third-order valence-corrected chi connectivity index (χ3v) is 3.45. The predicted molar refractivity (Wildman–Crippen MR) is 75.2 cm³/mol. The molecular weight excluding hydrogens is 260 g/mol. The Hall–Kier alpha value is -2.07. The van der Waals surface area contributed by atoms with Crippen LogP contribution < -0.4 is 0 Å². The maximum atomic E-state index is 11.8. The maximum Gasteiger partial charge on any atom is 0.260 e. The van der Waals surface area contributed by atoms with Gasteiger partial charge in [-0.15, -0.1) is 0 Å². The van der Waals surface area contributed by atoms with Gasteiger partial charge in [-0.2, -0.15) is 0 Å². The Labute approximate surface area is 115 Å². The summed E-state index contributed by atoms with van der Waals surface area (Å²) in [4.78, 5) is 23.6. The molecule has 0 heterocycles. The Kier molecular flexibility index (Phi) is 4.36. The average molecular weight is 272 g/mol. The average Bonchev–Trinajstić information content (AvgIpc) is 2.46. The summed E-state index contributed by atoms with van der Waals surface area (Å²) in [7, 11) is 0. The second-order valence-electron chi connectivity index (χ2n) is 3.94. The van der Waals surface area contributed by atoms with E-state index in [4.69, 9.17) is 5.11 Å². The fourth-order valence-corrected chi connectivity index (χ4v) is 2.26. The van der Waals surface area contributed by atoms with Gasteiger partial charge in [0.2, 0.25) is 5.78 Å². The molecule has 0 bridgehead atoms. The molecule has 0 radical (unpaired) electrons. The molecule has 19 heavy (non-hydrogen) atoms. The highest BCUT2D eigenvalue weighted by Gasteiger charge is 2.16. The van der Waals surface area contributed by atoms with E-state index in [1.54, 1.807) is 0 Å². The van der Waals surface area contributed by atoms with Crippen LogP contribution in [0.3, 0.4) is 0 Å². The van der Waals surface area contributed by atoms with Crippen molar-refractivity contribution < 1.29 is 14.7 Å². The normalized spacial score (nSPS) is 10.1. The highest BCUT2D eigenvalue weighted by atomic mass is 32.2. The van der Waals surface area contributed by atoms with E-state index in [9.17, 15) is 9.59 Å². The number of thioether (sulfide) groups is 1. The number of Topliss-reactive ketones (excluding diaryl/α,β-unsaturated/α-hetero) is 1. The molecule has 1 N–H and O–H groups in total. The summed E-state index contributed by atoms with van der Waals surface area (Å²) in [5, 5.41) is 8.64. The van der Waals surface area contributed by atoms with Crippen LogP contribution in [0.5, 0.6) is 5.75 Å². The zero-order chi connectivity index (χ0) is 13.7. The molecule has 2 aromatic rings. The SMILES string of the molecule is O=C(SCc1ccccc1)C(=O)c1ccc(O)cc1. The van der Waals surface area contributed by atoms with Gasteiger partial charge in [0.15, 0.2) is 0 Å². The highest BCUT2D eigenvalue weighted by Crippen LogP contribution is 2.17. The molecule has 0 aromatic heterocycles. The van der Waals surface area contributed by atoms with Crippen molar-refractivity contribution >= 4 is 22.7 Å². The Morgan fingerprint density at radius 2 is 1.58 bits per heavy atom. The van der Waals surface area contributed by atoms with Crippen molar-refractivity contribution in [2.75, 3.05) is 0 Å². The quantitative estimate of drug-likeness (QED) is 0.686. The van der Waals surface area contributed by atoms with Crippen LogP contribution in [0, 0.1) is 0 Å². The number of ketones is 1. The molecule has 0 saturated heterocycles. The first-order valence-corrected chi connectivity index (χ1v) is 6.70. The number of hydrogen-bond donors (Lipinski definition) is 1. The Balaban J connectivity index is 1.96. The van der Waals surface area contributed by atoms with E-state index in [-0.39, 0.29) is 5.75 Å². The van der Waals surface area contributed by atoms with Gasteiger partial charge >= 0.3 is 0 Å². The molecule has 0 aliphatic heterocycles. The van der Waals surface area contributed by atoms with Gasteiger partial charge in [-0.05, 0) is 29.8 Å². The number of rotatable bonds is 4. The highest BCUT2D eigenvalue weighted by molar-refractivity contribution is 8.14. The summed E-state index contributed by atoms with van der Waals surface area (Å²) in [6, 6.07) is 15.2. The molecular formula is C15H12O3S. The summed E-state index contributed by atoms with van der Waals surface area (Å²) in [5.41, 5.74) is 1.29. The van der Waals surface area contributed by atoms with Crippen LogP contribution in [0.2, 0.25) is 0 Å². The van der Waals surface area contributed by atoms with Crippen molar-refractivity contribution in [3.63, 3.8) is 0 Å². The van der Waals surface area contributed by atoms with Crippen molar-refractivity contribution in [2.45, 2.75) is 5.75 Å². The van der Waals surface area contributed by atoms with E-state index in [0.29, 0.717) is 11.3 Å². The second-order valence-corrected chi connectivity index (χ2v) is 4.89. The molecule has 3 nitrogen and oxygen atoms in total. The van der Waals surface area contributed by atoms with Crippen molar-refractivity contribution in [2.24, 2.45) is 0 Å². The maximum absolute atomic E-state index is 11.8. The Bertz CT molecular complexity index is 576. The van der Waals surface area contributed by atoms with Crippen molar-refractivity contribution in [1.82, 2.24) is 0 Å². The summed E-state index contributed by atoms with van der Waals surface area (Å²) in [5.74, 6) is 0.00520. The van der Waals surface area contributed by atoms with Crippen LogP contribution in [-0.2, 0) is 10.5 Å². The minimum atomic E-state index is -0.541. The standard InChI is InChI=1S/C15H12O3S/c16-13-8-6-12(7-9-13)14(17)15(18)19-10-11-4-2-1-3-5-11/h1-9,16H,10H2. The molecule has 0 unspecified atom stereocenters. The largest absolute Gasteiger partial charge is 0.508 e. The molecule has 0 atom stereocenters. The molecule has 0 amide bonds. The van der Waals surface area contributed by atoms with Crippen molar-refractivity contribution in [3.8, 4) is 5.75 Å². The molecule has 0 saturated carbocycles. The number of aromatic hydroxyl groups is 1. The van der Waals surface area contributed by atoms with Gasteiger partial charge in [0, 0.05) is 11.3 Å². The van der Waals surface area contributed by atoms with Crippen LogP contribution in [0.25, 0.3) is 0 Å². The Morgan fingerprint density at radius 3 is 2.21 bits per heavy atom.